The van der Waals surface area contributed by atoms with Gasteiger partial charge in [-0.3, -0.25) is 0 Å². The second kappa shape index (κ2) is 6.64. The molecule has 13 heavy (non-hydrogen) atoms. The topological polar surface area (TPSA) is 17.1 Å². The van der Waals surface area contributed by atoms with Crippen molar-refractivity contribution < 1.29 is 4.79 Å². The van der Waals surface area contributed by atoms with Gasteiger partial charge >= 0.3 is 0 Å². The van der Waals surface area contributed by atoms with Crippen molar-refractivity contribution >= 4 is 5.78 Å². The van der Waals surface area contributed by atoms with E-state index in [1.54, 1.807) is 0 Å². The minimum Gasteiger partial charge on any atom is -0.300 e. The molecule has 0 fully saturated rings. The lowest BCUT2D eigenvalue weighted by molar-refractivity contribution is -0.114. The molecule has 0 aromatic heterocycles. The lowest BCUT2D eigenvalue weighted by atomic mass is 10.1. The second-order valence-electron chi connectivity index (χ2n) is 3.80. The Morgan fingerprint density at radius 3 is 2.54 bits per heavy atom. The van der Waals surface area contributed by atoms with Crippen molar-refractivity contribution in [3.63, 3.8) is 0 Å². The fourth-order valence-electron chi connectivity index (χ4n) is 1.04. The third kappa shape index (κ3) is 9.06. The fourth-order valence-corrected chi connectivity index (χ4v) is 1.04. The standard InChI is InChI=1S/C9H14.C3H6O/c1-8-4-3-5-9(2)7-6-8;1-3(2)4/h3-4,7-8H,5-6H2,1-2H3;1-2H3. The van der Waals surface area contributed by atoms with Crippen LogP contribution < -0.4 is 0 Å². The molecular weight excluding hydrogens is 160 g/mol. The van der Waals surface area contributed by atoms with Crippen molar-refractivity contribution in [2.45, 2.75) is 40.5 Å². The highest BCUT2D eigenvalue weighted by molar-refractivity contribution is 5.72. The highest BCUT2D eigenvalue weighted by Gasteiger charge is 1.97. The average molecular weight is 180 g/mol. The molecule has 0 N–H and O–H groups in total. The maximum absolute atomic E-state index is 9.44. The predicted octanol–water partition coefficient (Wildman–Crippen LogP) is 3.51. The normalized spacial score (nSPS) is 20.9. The molecule has 0 saturated heterocycles. The fraction of sp³-hybridized carbons (Fsp3) is 0.583. The van der Waals surface area contributed by atoms with E-state index in [0.717, 1.165) is 12.3 Å². The molecule has 0 aromatic carbocycles. The Hall–Kier alpha value is -0.850. The minimum absolute atomic E-state index is 0.167. The van der Waals surface area contributed by atoms with Crippen molar-refractivity contribution in [2.24, 2.45) is 5.92 Å². The largest absolute Gasteiger partial charge is 0.300 e. The van der Waals surface area contributed by atoms with Crippen LogP contribution in [-0.2, 0) is 4.79 Å². The maximum atomic E-state index is 9.44. The summed E-state index contributed by atoms with van der Waals surface area (Å²) in [6.45, 7) is 7.51. The second-order valence-corrected chi connectivity index (χ2v) is 3.80. The molecule has 1 rings (SSSR count). The Labute approximate surface area is 81.5 Å². The van der Waals surface area contributed by atoms with E-state index in [1.807, 2.05) is 0 Å². The molecule has 1 heteroatoms. The van der Waals surface area contributed by atoms with E-state index in [-0.39, 0.29) is 5.78 Å². The summed E-state index contributed by atoms with van der Waals surface area (Å²) in [4.78, 5) is 9.44. The van der Waals surface area contributed by atoms with E-state index in [1.165, 1.54) is 25.8 Å². The lowest BCUT2D eigenvalue weighted by Crippen LogP contribution is -1.82. The molecule has 1 unspecified atom stereocenters. The van der Waals surface area contributed by atoms with Gasteiger partial charge in [0.2, 0.25) is 0 Å². The Morgan fingerprint density at radius 1 is 1.46 bits per heavy atom. The quantitative estimate of drug-likeness (QED) is 0.521. The first kappa shape index (κ1) is 12.2. The van der Waals surface area contributed by atoms with Gasteiger partial charge < -0.3 is 4.79 Å². The predicted molar refractivity (Wildman–Crippen MR) is 57.7 cm³/mol. The molecule has 74 valence electrons. The smallest absolute Gasteiger partial charge is 0.126 e. The molecule has 1 aliphatic carbocycles. The van der Waals surface area contributed by atoms with Gasteiger partial charge in [0, 0.05) is 0 Å². The van der Waals surface area contributed by atoms with Crippen molar-refractivity contribution in [1.82, 2.24) is 0 Å². The molecule has 0 heterocycles. The van der Waals surface area contributed by atoms with E-state index in [0.29, 0.717) is 0 Å². The van der Waals surface area contributed by atoms with Crippen LogP contribution in [0.1, 0.15) is 40.5 Å². The van der Waals surface area contributed by atoms with E-state index < -0.39 is 0 Å². The summed E-state index contributed by atoms with van der Waals surface area (Å²) in [5.74, 6) is 0.919. The van der Waals surface area contributed by atoms with Crippen LogP contribution in [0.2, 0.25) is 0 Å². The summed E-state index contributed by atoms with van der Waals surface area (Å²) < 4.78 is 0. The maximum Gasteiger partial charge on any atom is 0.126 e. The van der Waals surface area contributed by atoms with Gasteiger partial charge in [-0.05, 0) is 39.5 Å². The summed E-state index contributed by atoms with van der Waals surface area (Å²) in [5.41, 5.74) is 1.51. The number of rotatable bonds is 0. The zero-order chi connectivity index (χ0) is 10.3. The summed E-state index contributed by atoms with van der Waals surface area (Å²) in [6, 6.07) is 0. The molecule has 0 aliphatic heterocycles. The molecule has 1 aliphatic rings. The van der Waals surface area contributed by atoms with Gasteiger partial charge in [0.15, 0.2) is 0 Å². The number of hydrogen-bond donors (Lipinski definition) is 0. The third-order valence-corrected chi connectivity index (χ3v) is 1.74. The van der Waals surface area contributed by atoms with Gasteiger partial charge in [0.05, 0.1) is 0 Å². The monoisotopic (exact) mass is 180 g/mol. The van der Waals surface area contributed by atoms with Crippen molar-refractivity contribution in [3.8, 4) is 0 Å². The summed E-state index contributed by atoms with van der Waals surface area (Å²) >= 11 is 0. The highest BCUT2D eigenvalue weighted by atomic mass is 16.1. The first-order valence-corrected chi connectivity index (χ1v) is 4.82. The molecule has 0 aromatic rings. The van der Waals surface area contributed by atoms with E-state index in [4.69, 9.17) is 0 Å². The van der Waals surface area contributed by atoms with Gasteiger partial charge in [-0.25, -0.2) is 0 Å². The van der Waals surface area contributed by atoms with Crippen LogP contribution in [0.4, 0.5) is 0 Å². The van der Waals surface area contributed by atoms with Crippen LogP contribution >= 0.6 is 0 Å². The van der Waals surface area contributed by atoms with Gasteiger partial charge in [-0.2, -0.15) is 0 Å². The SMILES string of the molecule is CC(C)=O.CC1=CCC(C)C=CC1. The number of Topliss-reactive ketones (excluding diaryl/α,β-unsaturated/α-hetero) is 1. The molecule has 0 bridgehead atoms. The van der Waals surface area contributed by atoms with Gasteiger partial charge in [0.1, 0.15) is 5.78 Å². The molecule has 1 atom stereocenters. The van der Waals surface area contributed by atoms with Gasteiger partial charge in [0.25, 0.3) is 0 Å². The molecule has 0 spiro atoms. The van der Waals surface area contributed by atoms with Crippen LogP contribution in [0.15, 0.2) is 23.8 Å². The Bertz CT molecular complexity index is 207. The Kier molecular flexibility index (Phi) is 6.21. The molecule has 0 amide bonds. The van der Waals surface area contributed by atoms with Crippen LogP contribution in [0.25, 0.3) is 0 Å². The Morgan fingerprint density at radius 2 is 2.00 bits per heavy atom. The van der Waals surface area contributed by atoms with E-state index in [9.17, 15) is 4.79 Å². The number of allylic oxidation sites excluding steroid dienone is 4. The summed E-state index contributed by atoms with van der Waals surface area (Å²) in [7, 11) is 0. The van der Waals surface area contributed by atoms with Crippen molar-refractivity contribution in [3.05, 3.63) is 23.8 Å². The lowest BCUT2D eigenvalue weighted by Gasteiger charge is -1.96. The minimum atomic E-state index is 0.167. The third-order valence-electron chi connectivity index (χ3n) is 1.74. The van der Waals surface area contributed by atoms with E-state index >= 15 is 0 Å². The van der Waals surface area contributed by atoms with Crippen LogP contribution in [-0.4, -0.2) is 5.78 Å². The van der Waals surface area contributed by atoms with Crippen LogP contribution in [0, 0.1) is 5.92 Å². The van der Waals surface area contributed by atoms with Crippen LogP contribution in [0.3, 0.4) is 0 Å². The molecule has 1 nitrogen and oxygen atoms in total. The number of carbonyl (C=O) groups excluding carboxylic acids is 1. The van der Waals surface area contributed by atoms with Crippen molar-refractivity contribution in [1.29, 1.82) is 0 Å². The zero-order valence-corrected chi connectivity index (χ0v) is 9.13. The van der Waals surface area contributed by atoms with E-state index in [2.05, 4.69) is 32.1 Å². The number of carbonyl (C=O) groups is 1. The number of hydrogen-bond acceptors (Lipinski definition) is 1. The van der Waals surface area contributed by atoms with Gasteiger partial charge in [-0.15, -0.1) is 0 Å². The molecule has 0 saturated carbocycles. The van der Waals surface area contributed by atoms with Crippen LogP contribution in [0.5, 0.6) is 0 Å². The summed E-state index contributed by atoms with van der Waals surface area (Å²) in [5, 5.41) is 0. The highest BCUT2D eigenvalue weighted by Crippen LogP contribution is 2.14. The number of ketones is 1. The van der Waals surface area contributed by atoms with Gasteiger partial charge in [-0.1, -0.05) is 30.7 Å². The van der Waals surface area contributed by atoms with Crippen molar-refractivity contribution in [2.75, 3.05) is 0 Å². The average Bonchev–Trinajstić information content (AvgIpc) is 2.15. The first-order chi connectivity index (χ1) is 6.02. The first-order valence-electron chi connectivity index (χ1n) is 4.82. The molecule has 0 radical (unpaired) electrons. The summed E-state index contributed by atoms with van der Waals surface area (Å²) in [6.07, 6.45) is 9.29. The molecular formula is C12H20O. The zero-order valence-electron chi connectivity index (χ0n) is 9.13. The Balaban J connectivity index is 0.000000310.